The van der Waals surface area contributed by atoms with Crippen molar-refractivity contribution in [2.45, 2.75) is 31.9 Å². The average Bonchev–Trinajstić information content (AvgIpc) is 3.36. The lowest BCUT2D eigenvalue weighted by atomic mass is 10.1. The van der Waals surface area contributed by atoms with E-state index in [1.54, 1.807) is 0 Å². The Morgan fingerprint density at radius 1 is 1.32 bits per heavy atom. The maximum atomic E-state index is 13.2. The van der Waals surface area contributed by atoms with Crippen LogP contribution in [0.5, 0.6) is 0 Å². The van der Waals surface area contributed by atoms with Crippen LogP contribution in [0.4, 0.5) is 4.39 Å². The number of nitrogens with one attached hydrogen (secondary N) is 1. The van der Waals surface area contributed by atoms with Crippen molar-refractivity contribution in [3.05, 3.63) is 46.8 Å². The van der Waals surface area contributed by atoms with Gasteiger partial charge in [0.25, 0.3) is 11.3 Å². The molecule has 0 bridgehead atoms. The molecule has 1 saturated heterocycles. The van der Waals surface area contributed by atoms with Crippen LogP contribution >= 0.6 is 0 Å². The minimum Gasteiger partial charge on any atom is -0.376 e. The van der Waals surface area contributed by atoms with Crippen molar-refractivity contribution in [2.75, 3.05) is 13.2 Å². The van der Waals surface area contributed by atoms with Gasteiger partial charge < -0.3 is 14.6 Å². The third-order valence-corrected chi connectivity index (χ3v) is 4.71. The zero-order valence-electron chi connectivity index (χ0n) is 15.1. The molecule has 8 nitrogen and oxygen atoms in total. The van der Waals surface area contributed by atoms with Crippen LogP contribution in [-0.4, -0.2) is 39.9 Å². The first-order valence-corrected chi connectivity index (χ1v) is 9.11. The number of aromatic nitrogens is 3. The summed E-state index contributed by atoms with van der Waals surface area (Å²) in [4.78, 5) is 29.0. The van der Waals surface area contributed by atoms with Crippen LogP contribution in [0, 0.1) is 5.82 Å². The number of carbonyl (C=O) groups excluding carboxylic acids is 1. The van der Waals surface area contributed by atoms with E-state index < -0.39 is 0 Å². The highest BCUT2D eigenvalue weighted by Crippen LogP contribution is 2.24. The molecule has 0 aliphatic carbocycles. The topological polar surface area (TPSA) is 99.3 Å². The Morgan fingerprint density at radius 3 is 2.89 bits per heavy atom. The quantitative estimate of drug-likeness (QED) is 0.694. The van der Waals surface area contributed by atoms with Gasteiger partial charge in [-0.25, -0.2) is 9.37 Å². The summed E-state index contributed by atoms with van der Waals surface area (Å²) in [6.45, 7) is 1.38. The summed E-state index contributed by atoms with van der Waals surface area (Å²) in [7, 11) is 0. The molecule has 28 heavy (non-hydrogen) atoms. The Labute approximate surface area is 159 Å². The number of hydrogen-bond donors (Lipinski definition) is 1. The molecule has 2 aromatic heterocycles. The van der Waals surface area contributed by atoms with Crippen LogP contribution in [0.2, 0.25) is 0 Å². The van der Waals surface area contributed by atoms with Crippen molar-refractivity contribution in [2.24, 2.45) is 0 Å². The summed E-state index contributed by atoms with van der Waals surface area (Å²) < 4.78 is 25.1. The Hall–Kier alpha value is -3.07. The van der Waals surface area contributed by atoms with Crippen LogP contribution in [0.25, 0.3) is 22.4 Å². The molecule has 1 amide bonds. The van der Waals surface area contributed by atoms with Crippen molar-refractivity contribution in [3.8, 4) is 11.3 Å². The molecule has 1 aliphatic heterocycles. The number of hydrogen-bond acceptors (Lipinski definition) is 6. The molecular formula is C19H19FN4O4. The number of rotatable bonds is 6. The molecule has 3 aromatic rings. The van der Waals surface area contributed by atoms with Crippen molar-refractivity contribution in [1.82, 2.24) is 20.0 Å². The predicted molar refractivity (Wildman–Crippen MR) is 98.1 cm³/mol. The lowest BCUT2D eigenvalue weighted by molar-refractivity contribution is -0.121. The number of aryl methyl sites for hydroxylation is 1. The van der Waals surface area contributed by atoms with E-state index in [9.17, 15) is 14.0 Å². The van der Waals surface area contributed by atoms with E-state index in [2.05, 4.69) is 15.5 Å². The Kier molecular flexibility index (Phi) is 5.16. The molecule has 0 radical (unpaired) electrons. The van der Waals surface area contributed by atoms with Gasteiger partial charge in [0.05, 0.1) is 6.10 Å². The monoisotopic (exact) mass is 386 g/mol. The maximum Gasteiger partial charge on any atom is 0.266 e. The Morgan fingerprint density at radius 2 is 2.14 bits per heavy atom. The van der Waals surface area contributed by atoms with Gasteiger partial charge in [-0.3, -0.25) is 14.2 Å². The van der Waals surface area contributed by atoms with Crippen molar-refractivity contribution < 1.29 is 18.4 Å². The van der Waals surface area contributed by atoms with E-state index >= 15 is 0 Å². The molecule has 0 saturated carbocycles. The number of ether oxygens (including phenoxy) is 1. The number of benzene rings is 1. The number of fused-ring (bicyclic) bond motifs is 1. The summed E-state index contributed by atoms with van der Waals surface area (Å²) in [6, 6.07) is 5.59. The first-order chi connectivity index (χ1) is 13.6. The maximum absolute atomic E-state index is 13.2. The van der Waals surface area contributed by atoms with Crippen LogP contribution in [0.1, 0.15) is 19.3 Å². The summed E-state index contributed by atoms with van der Waals surface area (Å²) in [5.41, 5.74) is 0.580. The lowest BCUT2D eigenvalue weighted by Gasteiger charge is -2.11. The summed E-state index contributed by atoms with van der Waals surface area (Å²) in [6.07, 6.45) is 3.49. The first kappa shape index (κ1) is 18.3. The van der Waals surface area contributed by atoms with Crippen molar-refractivity contribution in [1.29, 1.82) is 0 Å². The van der Waals surface area contributed by atoms with Crippen LogP contribution in [0.3, 0.4) is 0 Å². The molecule has 1 aliphatic rings. The molecule has 1 N–H and O–H groups in total. The molecule has 3 heterocycles. The van der Waals surface area contributed by atoms with Gasteiger partial charge in [-0.05, 0) is 37.1 Å². The van der Waals surface area contributed by atoms with Crippen LogP contribution < -0.4 is 10.9 Å². The van der Waals surface area contributed by atoms with Gasteiger partial charge in [-0.1, -0.05) is 5.16 Å². The highest BCUT2D eigenvalue weighted by atomic mass is 19.1. The second-order valence-corrected chi connectivity index (χ2v) is 6.65. The highest BCUT2D eigenvalue weighted by Gasteiger charge is 2.18. The van der Waals surface area contributed by atoms with Gasteiger partial charge in [-0.2, -0.15) is 0 Å². The van der Waals surface area contributed by atoms with E-state index in [1.165, 1.54) is 35.2 Å². The summed E-state index contributed by atoms with van der Waals surface area (Å²) >= 11 is 0. The fourth-order valence-electron chi connectivity index (χ4n) is 3.19. The van der Waals surface area contributed by atoms with Gasteiger partial charge in [0.2, 0.25) is 5.91 Å². The Bertz CT molecular complexity index is 1040. The van der Waals surface area contributed by atoms with Crippen molar-refractivity contribution in [3.63, 3.8) is 0 Å². The summed E-state index contributed by atoms with van der Waals surface area (Å²) in [5, 5.41) is 6.93. The average molecular weight is 386 g/mol. The summed E-state index contributed by atoms with van der Waals surface area (Å²) in [5.74, 6) is -0.548. The highest BCUT2D eigenvalue weighted by molar-refractivity contribution is 5.88. The van der Waals surface area contributed by atoms with Crippen molar-refractivity contribution >= 4 is 17.0 Å². The van der Waals surface area contributed by atoms with E-state index in [0.717, 1.165) is 19.4 Å². The number of nitrogens with zero attached hydrogens (tertiary/aromatic N) is 3. The number of amides is 1. The molecule has 1 atom stereocenters. The standard InChI is InChI=1S/C19H19FN4O4/c20-13-5-3-12(4-6-13)17-16-18(28-23-17)22-11-24(19(16)26)8-7-15(25)21-10-14-2-1-9-27-14/h3-6,11,14H,1-2,7-10H2,(H,21,25). The normalized spacial score (nSPS) is 16.5. The molecule has 1 fully saturated rings. The fourth-order valence-corrected chi connectivity index (χ4v) is 3.19. The van der Waals surface area contributed by atoms with E-state index in [0.29, 0.717) is 17.8 Å². The molecule has 1 unspecified atom stereocenters. The van der Waals surface area contributed by atoms with E-state index in [4.69, 9.17) is 9.26 Å². The second-order valence-electron chi connectivity index (χ2n) is 6.65. The minimum absolute atomic E-state index is 0.0694. The minimum atomic E-state index is -0.388. The SMILES string of the molecule is O=C(CCn1cnc2onc(-c3ccc(F)cc3)c2c1=O)NCC1CCCO1. The van der Waals surface area contributed by atoms with Gasteiger partial charge in [0.15, 0.2) is 0 Å². The third-order valence-electron chi connectivity index (χ3n) is 4.71. The fraction of sp³-hybridized carbons (Fsp3) is 0.368. The molecule has 9 heteroatoms. The zero-order valence-corrected chi connectivity index (χ0v) is 15.1. The van der Waals surface area contributed by atoms with E-state index in [1.807, 2.05) is 0 Å². The third kappa shape index (κ3) is 3.79. The second kappa shape index (κ2) is 7.89. The van der Waals surface area contributed by atoms with Gasteiger partial charge in [0, 0.05) is 31.7 Å². The zero-order chi connectivity index (χ0) is 19.5. The molecule has 0 spiro atoms. The van der Waals surface area contributed by atoms with Crippen LogP contribution in [0.15, 0.2) is 39.9 Å². The van der Waals surface area contributed by atoms with Gasteiger partial charge >= 0.3 is 0 Å². The smallest absolute Gasteiger partial charge is 0.266 e. The Balaban J connectivity index is 1.49. The molecule has 4 rings (SSSR count). The predicted octanol–water partition coefficient (Wildman–Crippen LogP) is 1.88. The van der Waals surface area contributed by atoms with Gasteiger partial charge in [-0.15, -0.1) is 0 Å². The van der Waals surface area contributed by atoms with E-state index in [-0.39, 0.29) is 47.5 Å². The van der Waals surface area contributed by atoms with Gasteiger partial charge in [0.1, 0.15) is 23.2 Å². The molecule has 1 aromatic carbocycles. The number of halogens is 1. The molecular weight excluding hydrogens is 367 g/mol. The molecule has 146 valence electrons. The number of carbonyl (C=O) groups is 1. The van der Waals surface area contributed by atoms with Crippen LogP contribution in [-0.2, 0) is 16.1 Å². The lowest BCUT2D eigenvalue weighted by Crippen LogP contribution is -2.33. The largest absolute Gasteiger partial charge is 0.376 e. The first-order valence-electron chi connectivity index (χ1n) is 9.11.